The van der Waals surface area contributed by atoms with Crippen LogP contribution in [0.1, 0.15) is 33.1 Å². The highest BCUT2D eigenvalue weighted by Gasteiger charge is 2.29. The molecule has 0 radical (unpaired) electrons. The summed E-state index contributed by atoms with van der Waals surface area (Å²) in [7, 11) is 0. The predicted molar refractivity (Wildman–Crippen MR) is 40.6 cm³/mol. The Hall–Kier alpha value is -0.690. The van der Waals surface area contributed by atoms with Gasteiger partial charge in [-0.1, -0.05) is 19.0 Å². The molecular formula is C7H13N3. The summed E-state index contributed by atoms with van der Waals surface area (Å²) in [5.74, 6) is 0. The van der Waals surface area contributed by atoms with Gasteiger partial charge in [-0.25, -0.2) is 0 Å². The number of rotatable bonds is 1. The Morgan fingerprint density at radius 3 is 2.70 bits per heavy atom. The summed E-state index contributed by atoms with van der Waals surface area (Å²) in [6, 6.07) is 0.264. The van der Waals surface area contributed by atoms with Crippen molar-refractivity contribution in [2.45, 2.75) is 39.2 Å². The quantitative estimate of drug-likeness (QED) is 0.304. The molecule has 0 aliphatic heterocycles. The lowest BCUT2D eigenvalue weighted by molar-refractivity contribution is 0.376. The van der Waals surface area contributed by atoms with Crippen LogP contribution in [0.4, 0.5) is 0 Å². The minimum Gasteiger partial charge on any atom is -0.0906 e. The second-order valence-corrected chi connectivity index (χ2v) is 3.77. The first-order valence-electron chi connectivity index (χ1n) is 3.68. The highest BCUT2D eigenvalue weighted by Crippen LogP contribution is 2.38. The van der Waals surface area contributed by atoms with Gasteiger partial charge >= 0.3 is 0 Å². The Bertz CT molecular complexity index is 168. The van der Waals surface area contributed by atoms with Crippen LogP contribution in [0.25, 0.3) is 10.4 Å². The van der Waals surface area contributed by atoms with Gasteiger partial charge in [0.2, 0.25) is 0 Å². The Kier molecular flexibility index (Phi) is 1.86. The molecule has 56 valence electrons. The largest absolute Gasteiger partial charge is 0.0906 e. The zero-order valence-electron chi connectivity index (χ0n) is 6.54. The lowest BCUT2D eigenvalue weighted by Gasteiger charge is -2.14. The molecule has 3 nitrogen and oxygen atoms in total. The van der Waals surface area contributed by atoms with Crippen molar-refractivity contribution in [1.82, 2.24) is 0 Å². The van der Waals surface area contributed by atoms with Crippen LogP contribution in [0, 0.1) is 5.41 Å². The SMILES string of the molecule is CC1(C)CCC(N=[N+]=[N-])C1. The summed E-state index contributed by atoms with van der Waals surface area (Å²) >= 11 is 0. The van der Waals surface area contributed by atoms with Gasteiger partial charge in [-0.2, -0.15) is 0 Å². The zero-order chi connectivity index (χ0) is 7.61. The van der Waals surface area contributed by atoms with E-state index in [0.717, 1.165) is 12.8 Å². The molecule has 1 aliphatic rings. The molecule has 0 saturated heterocycles. The molecule has 0 heterocycles. The molecule has 0 aromatic heterocycles. The summed E-state index contributed by atoms with van der Waals surface area (Å²) in [6.07, 6.45) is 3.31. The van der Waals surface area contributed by atoms with Crippen molar-refractivity contribution in [3.8, 4) is 0 Å². The van der Waals surface area contributed by atoms with Crippen molar-refractivity contribution < 1.29 is 0 Å². The van der Waals surface area contributed by atoms with Crippen molar-refractivity contribution in [1.29, 1.82) is 0 Å². The lowest BCUT2D eigenvalue weighted by Crippen LogP contribution is -2.05. The van der Waals surface area contributed by atoms with Crippen molar-refractivity contribution in [3.63, 3.8) is 0 Å². The number of azide groups is 1. The van der Waals surface area contributed by atoms with Crippen LogP contribution in [0.3, 0.4) is 0 Å². The van der Waals surface area contributed by atoms with Gasteiger partial charge in [0.25, 0.3) is 0 Å². The maximum Gasteiger partial charge on any atom is 0.0379 e. The molecule has 0 aromatic carbocycles. The maximum absolute atomic E-state index is 8.16. The third-order valence-corrected chi connectivity index (χ3v) is 2.16. The van der Waals surface area contributed by atoms with Gasteiger partial charge < -0.3 is 0 Å². The average molecular weight is 139 g/mol. The molecule has 0 amide bonds. The lowest BCUT2D eigenvalue weighted by atomic mass is 9.92. The highest BCUT2D eigenvalue weighted by atomic mass is 15.1. The molecule has 0 bridgehead atoms. The number of hydrogen-bond donors (Lipinski definition) is 0. The van der Waals surface area contributed by atoms with Gasteiger partial charge in [0.15, 0.2) is 0 Å². The Morgan fingerprint density at radius 1 is 1.60 bits per heavy atom. The minimum absolute atomic E-state index is 0.264. The van der Waals surface area contributed by atoms with Crippen molar-refractivity contribution >= 4 is 0 Å². The molecule has 1 rings (SSSR count). The molecule has 0 N–H and O–H groups in total. The van der Waals surface area contributed by atoms with E-state index in [9.17, 15) is 0 Å². The van der Waals surface area contributed by atoms with Gasteiger partial charge in [0.1, 0.15) is 0 Å². The number of hydrogen-bond acceptors (Lipinski definition) is 1. The van der Waals surface area contributed by atoms with E-state index in [-0.39, 0.29) is 6.04 Å². The fourth-order valence-electron chi connectivity index (χ4n) is 1.57. The standard InChI is InChI=1S/C7H13N3/c1-7(2)4-3-6(5-7)9-10-8/h6H,3-5H2,1-2H3. The van der Waals surface area contributed by atoms with Gasteiger partial charge in [-0.05, 0) is 30.2 Å². The first-order chi connectivity index (χ1) is 4.64. The monoisotopic (exact) mass is 139 g/mol. The topological polar surface area (TPSA) is 48.8 Å². The maximum atomic E-state index is 8.16. The molecule has 0 spiro atoms. The van der Waals surface area contributed by atoms with E-state index < -0.39 is 0 Å². The van der Waals surface area contributed by atoms with E-state index >= 15 is 0 Å². The Balaban J connectivity index is 2.51. The third-order valence-electron chi connectivity index (χ3n) is 2.16. The van der Waals surface area contributed by atoms with Crippen LogP contribution < -0.4 is 0 Å². The van der Waals surface area contributed by atoms with Gasteiger partial charge in [0.05, 0.1) is 0 Å². The van der Waals surface area contributed by atoms with Crippen molar-refractivity contribution in [3.05, 3.63) is 10.4 Å². The van der Waals surface area contributed by atoms with Crippen LogP contribution in [-0.4, -0.2) is 6.04 Å². The summed E-state index contributed by atoms with van der Waals surface area (Å²) in [5, 5.41) is 3.70. The second kappa shape index (κ2) is 2.51. The van der Waals surface area contributed by atoms with Crippen molar-refractivity contribution in [2.75, 3.05) is 0 Å². The fraction of sp³-hybridized carbons (Fsp3) is 1.00. The van der Waals surface area contributed by atoms with E-state index in [1.807, 2.05) is 0 Å². The summed E-state index contributed by atoms with van der Waals surface area (Å²) in [4.78, 5) is 2.81. The first-order valence-corrected chi connectivity index (χ1v) is 3.68. The molecule has 1 unspecified atom stereocenters. The molecule has 10 heavy (non-hydrogen) atoms. The fourth-order valence-corrected chi connectivity index (χ4v) is 1.57. The van der Waals surface area contributed by atoms with Gasteiger partial charge in [-0.15, -0.1) is 0 Å². The molecule has 1 aliphatic carbocycles. The number of nitrogens with zero attached hydrogens (tertiary/aromatic N) is 3. The predicted octanol–water partition coefficient (Wildman–Crippen LogP) is 2.88. The van der Waals surface area contributed by atoms with E-state index in [4.69, 9.17) is 5.53 Å². The molecule has 3 heteroatoms. The van der Waals surface area contributed by atoms with Crippen molar-refractivity contribution in [2.24, 2.45) is 10.5 Å². The Morgan fingerprint density at radius 2 is 2.30 bits per heavy atom. The third kappa shape index (κ3) is 1.64. The van der Waals surface area contributed by atoms with Crippen LogP contribution in [0.2, 0.25) is 0 Å². The summed E-state index contributed by atoms with van der Waals surface area (Å²) in [6.45, 7) is 4.44. The van der Waals surface area contributed by atoms with Crippen LogP contribution >= 0.6 is 0 Å². The second-order valence-electron chi connectivity index (χ2n) is 3.77. The molecule has 1 fully saturated rings. The zero-order valence-corrected chi connectivity index (χ0v) is 6.54. The van der Waals surface area contributed by atoms with E-state index in [1.165, 1.54) is 6.42 Å². The minimum atomic E-state index is 0.264. The Labute approximate surface area is 61.1 Å². The van der Waals surface area contributed by atoms with E-state index in [0.29, 0.717) is 5.41 Å². The molecule has 1 saturated carbocycles. The van der Waals surface area contributed by atoms with Crippen LogP contribution in [0.5, 0.6) is 0 Å². The van der Waals surface area contributed by atoms with Crippen LogP contribution in [0.15, 0.2) is 5.11 Å². The highest BCUT2D eigenvalue weighted by molar-refractivity contribution is 4.86. The summed E-state index contributed by atoms with van der Waals surface area (Å²) < 4.78 is 0. The molecule has 1 atom stereocenters. The average Bonchev–Trinajstić information content (AvgIpc) is 2.12. The van der Waals surface area contributed by atoms with Gasteiger partial charge in [-0.3, -0.25) is 0 Å². The first kappa shape index (κ1) is 7.42. The molecule has 0 aromatic rings. The van der Waals surface area contributed by atoms with E-state index in [1.54, 1.807) is 0 Å². The summed E-state index contributed by atoms with van der Waals surface area (Å²) in [5.41, 5.74) is 8.56. The van der Waals surface area contributed by atoms with Crippen LogP contribution in [-0.2, 0) is 0 Å². The normalized spacial score (nSPS) is 29.6. The van der Waals surface area contributed by atoms with Gasteiger partial charge in [0, 0.05) is 11.0 Å². The van der Waals surface area contributed by atoms with E-state index in [2.05, 4.69) is 23.9 Å². The smallest absolute Gasteiger partial charge is 0.0379 e. The molecular weight excluding hydrogens is 126 g/mol.